The number of hydrogen-bond donors (Lipinski definition) is 7. The van der Waals surface area contributed by atoms with E-state index in [0.717, 1.165) is 38.8 Å². The third-order valence-electron chi connectivity index (χ3n) is 10.3. The number of aliphatic hydroxyl groups excluding tert-OH is 1. The first kappa shape index (κ1) is 54.3. The molecule has 3 heterocycles. The first-order chi connectivity index (χ1) is 33.5. The lowest BCUT2D eigenvalue weighted by atomic mass is 10.0. The van der Waals surface area contributed by atoms with Gasteiger partial charge < -0.3 is 25.2 Å². The van der Waals surface area contributed by atoms with E-state index in [-0.39, 0.29) is 51.6 Å². The van der Waals surface area contributed by atoms with Crippen LogP contribution in [0, 0.1) is 41.5 Å². The number of aliphatic carboxylic acids is 1. The maximum atomic E-state index is 11.5. The fourth-order valence-corrected chi connectivity index (χ4v) is 6.69. The van der Waals surface area contributed by atoms with E-state index < -0.39 is 29.7 Å². The molecular weight excluding hydrogens is 921 g/mol. The molecule has 5 aromatic carbocycles. The number of aryl methyl sites for hydroxylation is 6. The summed E-state index contributed by atoms with van der Waals surface area (Å²) in [7, 11) is 1.27. The van der Waals surface area contributed by atoms with Crippen LogP contribution in [0.4, 0.5) is 0 Å². The van der Waals surface area contributed by atoms with Crippen molar-refractivity contribution in [1.29, 1.82) is 0 Å². The molecule has 20 nitrogen and oxygen atoms in total. The molecule has 8 rings (SSSR count). The molecule has 0 bridgehead atoms. The quantitative estimate of drug-likeness (QED) is 0.0536. The average Bonchev–Trinajstić information content (AvgIpc) is 3.32. The fourth-order valence-electron chi connectivity index (χ4n) is 6.69. The Morgan fingerprint density at radius 3 is 1.34 bits per heavy atom. The van der Waals surface area contributed by atoms with Crippen molar-refractivity contribution in [2.24, 2.45) is 0 Å². The van der Waals surface area contributed by atoms with Gasteiger partial charge in [0.05, 0.1) is 41.1 Å². The second kappa shape index (κ2) is 24.1. The largest absolute Gasteiger partial charge is 0.478 e. The number of aromatic nitrogens is 6. The predicted molar refractivity (Wildman–Crippen MR) is 262 cm³/mol. The van der Waals surface area contributed by atoms with Gasteiger partial charge in [0.15, 0.2) is 17.2 Å². The van der Waals surface area contributed by atoms with Crippen molar-refractivity contribution in [2.45, 2.75) is 55.1 Å². The predicted octanol–water partition coefficient (Wildman–Crippen LogP) is 6.14. The number of aliphatic hydroxyl groups is 1. The Kier molecular flexibility index (Phi) is 18.5. The molecule has 366 valence electrons. The smallest absolute Gasteiger partial charge is 0.377 e. The first-order valence-electron chi connectivity index (χ1n) is 21.1. The number of carboxylic acids is 3. The molecule has 0 atom stereocenters. The van der Waals surface area contributed by atoms with Crippen LogP contribution in [0.2, 0.25) is 0 Å². The maximum Gasteiger partial charge on any atom is 0.377 e. The van der Waals surface area contributed by atoms with E-state index in [4.69, 9.17) is 20.4 Å². The van der Waals surface area contributed by atoms with Gasteiger partial charge in [0.1, 0.15) is 0 Å². The van der Waals surface area contributed by atoms with Crippen LogP contribution in [0.15, 0.2) is 105 Å². The molecule has 3 aromatic heterocycles. The second-order valence-corrected chi connectivity index (χ2v) is 15.8. The number of benzene rings is 5. The van der Waals surface area contributed by atoms with Gasteiger partial charge in [-0.05, 0) is 109 Å². The number of hydrogen-bond acceptors (Lipinski definition) is 14. The molecule has 0 radical (unpaired) electrons. The van der Waals surface area contributed by atoms with E-state index in [1.165, 1.54) is 25.3 Å². The van der Waals surface area contributed by atoms with Gasteiger partial charge >= 0.3 is 23.9 Å². The molecule has 0 unspecified atom stereocenters. The highest BCUT2D eigenvalue weighted by atomic mass is 16.5. The fraction of sp³-hybridized carbons (Fsp3) is 0.176. The Morgan fingerprint density at radius 1 is 0.493 bits per heavy atom. The number of nitrogens with one attached hydrogen (secondary N) is 3. The van der Waals surface area contributed by atoms with Crippen molar-refractivity contribution in [3.8, 4) is 0 Å². The van der Waals surface area contributed by atoms with Gasteiger partial charge in [-0.1, -0.05) is 64.2 Å². The third-order valence-corrected chi connectivity index (χ3v) is 10.3. The van der Waals surface area contributed by atoms with Gasteiger partial charge in [-0.3, -0.25) is 24.0 Å². The summed E-state index contributed by atoms with van der Waals surface area (Å²) in [6.45, 7) is 12.7. The lowest BCUT2D eigenvalue weighted by Crippen LogP contribution is -2.17. The van der Waals surface area contributed by atoms with Crippen molar-refractivity contribution in [3.05, 3.63) is 189 Å². The summed E-state index contributed by atoms with van der Waals surface area (Å²) in [6.07, 6.45) is 0. The van der Waals surface area contributed by atoms with E-state index in [1.54, 1.807) is 56.3 Å². The summed E-state index contributed by atoms with van der Waals surface area (Å²) in [5.41, 5.74) is 5.52. The average molecular weight is 969 g/mol. The summed E-state index contributed by atoms with van der Waals surface area (Å²) < 4.78 is 4.60. The normalized spacial score (nSPS) is 10.2. The highest BCUT2D eigenvalue weighted by molar-refractivity contribution is 6.41. The van der Waals surface area contributed by atoms with Crippen LogP contribution in [0.1, 0.15) is 98.0 Å². The number of carboxylic acid groups (broad SMARTS) is 3. The van der Waals surface area contributed by atoms with Crippen molar-refractivity contribution < 1.29 is 53.9 Å². The molecule has 0 fully saturated rings. The molecule has 7 N–H and O–H groups in total. The van der Waals surface area contributed by atoms with Crippen molar-refractivity contribution in [1.82, 2.24) is 30.6 Å². The number of ether oxygens (including phenoxy) is 1. The van der Waals surface area contributed by atoms with Crippen molar-refractivity contribution in [3.63, 3.8) is 0 Å². The summed E-state index contributed by atoms with van der Waals surface area (Å²) >= 11 is 0. The highest BCUT2D eigenvalue weighted by Gasteiger charge is 2.22. The third kappa shape index (κ3) is 13.9. The molecule has 0 saturated carbocycles. The number of carbonyl (C=O) groups excluding carboxylic acids is 3. The molecule has 0 aliphatic rings. The van der Waals surface area contributed by atoms with Crippen LogP contribution in [-0.2, 0) is 16.1 Å². The molecule has 0 aliphatic carbocycles. The van der Waals surface area contributed by atoms with E-state index in [2.05, 4.69) is 35.3 Å². The number of aromatic carboxylic acids is 2. The van der Waals surface area contributed by atoms with Gasteiger partial charge in [-0.25, -0.2) is 34.5 Å². The summed E-state index contributed by atoms with van der Waals surface area (Å²) in [6, 6.07) is 25.5. The van der Waals surface area contributed by atoms with Crippen LogP contribution < -0.4 is 16.7 Å². The van der Waals surface area contributed by atoms with E-state index in [9.17, 15) is 43.2 Å². The van der Waals surface area contributed by atoms with Gasteiger partial charge in [0.2, 0.25) is 0 Å². The first-order valence-corrected chi connectivity index (χ1v) is 21.1. The molecular formula is C51H48N6O14. The zero-order chi connectivity index (χ0) is 52.9. The van der Waals surface area contributed by atoms with Crippen LogP contribution in [0.25, 0.3) is 32.3 Å². The topological polar surface area (TPSA) is 330 Å². The Balaban J connectivity index is 0.000000194. The van der Waals surface area contributed by atoms with Gasteiger partial charge in [-0.2, -0.15) is 15.3 Å². The number of nitrogens with zero attached hydrogens (tertiary/aromatic N) is 3. The number of methoxy groups -OCH3 is 1. The molecule has 71 heavy (non-hydrogen) atoms. The molecule has 0 saturated heterocycles. The van der Waals surface area contributed by atoms with Crippen LogP contribution in [0.5, 0.6) is 0 Å². The van der Waals surface area contributed by atoms with E-state index in [0.29, 0.717) is 38.2 Å². The summed E-state index contributed by atoms with van der Waals surface area (Å²) in [5, 5.41) is 55.8. The van der Waals surface area contributed by atoms with Gasteiger partial charge in [-0.15, -0.1) is 0 Å². The lowest BCUT2D eigenvalue weighted by molar-refractivity contribution is -0.131. The standard InChI is InChI=1S/C11H10N2O3.C10H8N2O3.C10H10N2O2.C10H8O5.C10H12O/c1-6-3-4-7-8(5-6)9(11(15)16-2)12-13-10(7)14;1-5-2-3-6-7(4-5)8(10(14)15)11-12-9(6)13;1-6-2-3-7-8(4-6)9(5-13)11-12-10(7)14;1-5-2-3-6(9(12)13)7(4-5)8(11)10(14)15;1-7-4-5-8(2)10(6-7)9(3)11/h3-5H,1-2H3,(H,13,14);2-4H,1H3,(H,12,13)(H,14,15);2-4,13H,5H2,1H3,(H,12,14);2-4H,1H3,(H,12,13)(H,14,15);4-6H,1-3H3. The molecule has 0 amide bonds. The zero-order valence-corrected chi connectivity index (χ0v) is 39.6. The molecule has 0 spiro atoms. The number of ketones is 2. The number of esters is 1. The Morgan fingerprint density at radius 2 is 0.901 bits per heavy atom. The Labute approximate surface area is 402 Å². The SMILES string of the molecule is CC(=O)c1cc(C)ccc1C.COC(=O)c1n[nH]c(=O)c2ccc(C)cc12.Cc1ccc(C(=O)O)c(C(=O)C(=O)O)c1.Cc1ccc2c(=O)[nH]nc(C(=O)O)c2c1.Cc1ccc2c(=O)[nH]nc(CO)c2c1. The number of carbonyl (C=O) groups is 6. The van der Waals surface area contributed by atoms with E-state index >= 15 is 0 Å². The number of H-pyrrole nitrogens is 3. The van der Waals surface area contributed by atoms with Crippen LogP contribution >= 0.6 is 0 Å². The Bertz CT molecular complexity index is 3560. The minimum Gasteiger partial charge on any atom is -0.478 e. The molecule has 8 aromatic rings. The number of rotatable bonds is 7. The van der Waals surface area contributed by atoms with Crippen LogP contribution in [-0.4, -0.2) is 93.6 Å². The molecule has 20 heteroatoms. The zero-order valence-electron chi connectivity index (χ0n) is 39.6. The number of fused-ring (bicyclic) bond motifs is 3. The number of aromatic amines is 3. The maximum absolute atomic E-state index is 11.5. The van der Waals surface area contributed by atoms with Gasteiger partial charge in [0.25, 0.3) is 22.5 Å². The van der Waals surface area contributed by atoms with Crippen molar-refractivity contribution in [2.75, 3.05) is 7.11 Å². The van der Waals surface area contributed by atoms with Gasteiger partial charge in [0, 0.05) is 27.3 Å². The summed E-state index contributed by atoms with van der Waals surface area (Å²) in [5.74, 6) is -5.77. The monoisotopic (exact) mass is 968 g/mol. The minimum absolute atomic E-state index is 0.126. The Hall–Kier alpha value is -9.30. The lowest BCUT2D eigenvalue weighted by Gasteiger charge is -2.03. The second-order valence-electron chi connectivity index (χ2n) is 15.8. The highest BCUT2D eigenvalue weighted by Crippen LogP contribution is 2.18. The van der Waals surface area contributed by atoms with E-state index in [1.807, 2.05) is 65.0 Å². The minimum atomic E-state index is -1.66. The number of Topliss-reactive ketones (excluding diaryl/α,β-unsaturated/α-hetero) is 2. The van der Waals surface area contributed by atoms with Crippen LogP contribution in [0.3, 0.4) is 0 Å². The summed E-state index contributed by atoms with van der Waals surface area (Å²) in [4.78, 5) is 99.8. The van der Waals surface area contributed by atoms with Crippen molar-refractivity contribution >= 4 is 67.8 Å². The molecule has 0 aliphatic heterocycles.